The van der Waals surface area contributed by atoms with Crippen LogP contribution >= 0.6 is 11.6 Å². The van der Waals surface area contributed by atoms with Crippen LogP contribution in [0.1, 0.15) is 25.0 Å². The minimum Gasteiger partial charge on any atom is -0.479 e. The van der Waals surface area contributed by atoms with E-state index < -0.39 is 11.5 Å². The smallest absolute Gasteiger partial charge is 0.330 e. The molecule has 1 amide bonds. The van der Waals surface area contributed by atoms with E-state index in [2.05, 4.69) is 0 Å². The van der Waals surface area contributed by atoms with Crippen LogP contribution < -0.4 is 0 Å². The summed E-state index contributed by atoms with van der Waals surface area (Å²) < 4.78 is 0. The van der Waals surface area contributed by atoms with E-state index in [-0.39, 0.29) is 6.04 Å². The molecule has 0 fully saturated rings. The summed E-state index contributed by atoms with van der Waals surface area (Å²) in [6.07, 6.45) is 1.26. The maximum atomic E-state index is 11.7. The Balaban J connectivity index is 2.46. The Morgan fingerprint density at radius 2 is 2.05 bits per heavy atom. The first kappa shape index (κ1) is 13.9. The second kappa shape index (κ2) is 4.85. The topological polar surface area (TPSA) is 57.6 Å². The molecule has 1 aromatic rings. The Hall–Kier alpha value is -1.55. The highest BCUT2D eigenvalue weighted by Gasteiger charge is 2.49. The number of hydrogen-bond donors (Lipinski definition) is 1. The third kappa shape index (κ3) is 2.21. The third-order valence-corrected chi connectivity index (χ3v) is 3.93. The second-order valence-corrected chi connectivity index (χ2v) is 5.65. The highest BCUT2D eigenvalue weighted by molar-refractivity contribution is 6.30. The summed E-state index contributed by atoms with van der Waals surface area (Å²) in [7, 11) is 0. The van der Waals surface area contributed by atoms with Gasteiger partial charge in [0.25, 0.3) is 0 Å². The van der Waals surface area contributed by atoms with Crippen molar-refractivity contribution in [3.8, 4) is 0 Å². The summed E-state index contributed by atoms with van der Waals surface area (Å²) >= 11 is 5.94. The fraction of sp³-hybridized carbons (Fsp3) is 0.429. The molecule has 2 rings (SSSR count). The molecule has 5 heteroatoms. The number of nitrogens with zero attached hydrogens (tertiary/aromatic N) is 1. The Kier molecular flexibility index (Phi) is 3.54. The highest BCUT2D eigenvalue weighted by Crippen LogP contribution is 2.36. The number of benzene rings is 1. The van der Waals surface area contributed by atoms with Gasteiger partial charge in [0.1, 0.15) is 5.54 Å². The normalized spacial score (nSPS) is 21.3. The maximum Gasteiger partial charge on any atom is 0.330 e. The molecule has 0 bridgehead atoms. The van der Waals surface area contributed by atoms with Gasteiger partial charge in [-0.1, -0.05) is 17.7 Å². The summed E-state index contributed by atoms with van der Waals surface area (Å²) in [6, 6.07) is 5.20. The SMILES string of the molecule is CC(C)N(C=O)C1(C(=O)O)Cc2ccc(Cl)cc2C1. The van der Waals surface area contributed by atoms with Crippen LogP contribution in [0.2, 0.25) is 5.02 Å². The van der Waals surface area contributed by atoms with Crippen molar-refractivity contribution in [2.75, 3.05) is 0 Å². The molecular weight excluding hydrogens is 266 g/mol. The second-order valence-electron chi connectivity index (χ2n) is 5.21. The van der Waals surface area contributed by atoms with Crippen LogP contribution in [0.15, 0.2) is 18.2 Å². The fourth-order valence-electron chi connectivity index (χ4n) is 2.79. The van der Waals surface area contributed by atoms with Crippen LogP contribution in [-0.2, 0) is 22.4 Å². The van der Waals surface area contributed by atoms with Crippen LogP contribution in [0.5, 0.6) is 0 Å². The zero-order valence-corrected chi connectivity index (χ0v) is 11.6. The number of rotatable bonds is 4. The first-order valence-electron chi connectivity index (χ1n) is 6.15. The summed E-state index contributed by atoms with van der Waals surface area (Å²) in [6.45, 7) is 3.63. The lowest BCUT2D eigenvalue weighted by Gasteiger charge is -2.37. The first-order chi connectivity index (χ1) is 8.90. The molecule has 1 aliphatic carbocycles. The minimum atomic E-state index is -1.19. The van der Waals surface area contributed by atoms with Gasteiger partial charge in [0, 0.05) is 23.9 Å². The molecule has 0 saturated carbocycles. The van der Waals surface area contributed by atoms with Crippen LogP contribution in [0.25, 0.3) is 0 Å². The van der Waals surface area contributed by atoms with Gasteiger partial charge in [0.2, 0.25) is 6.41 Å². The molecule has 1 atom stereocenters. The van der Waals surface area contributed by atoms with Crippen molar-refractivity contribution in [2.45, 2.75) is 38.3 Å². The molecule has 0 aromatic heterocycles. The number of carbonyl (C=O) groups is 2. The van der Waals surface area contributed by atoms with Crippen LogP contribution in [-0.4, -0.2) is 34.0 Å². The van der Waals surface area contributed by atoms with Crippen molar-refractivity contribution in [2.24, 2.45) is 0 Å². The lowest BCUT2D eigenvalue weighted by molar-refractivity contribution is -0.156. The molecule has 1 unspecified atom stereocenters. The minimum absolute atomic E-state index is 0.168. The average Bonchev–Trinajstić information content (AvgIpc) is 2.68. The molecule has 102 valence electrons. The van der Waals surface area contributed by atoms with Gasteiger partial charge in [-0.05, 0) is 37.1 Å². The fourth-order valence-corrected chi connectivity index (χ4v) is 2.98. The van der Waals surface area contributed by atoms with Crippen molar-refractivity contribution in [3.05, 3.63) is 34.3 Å². The molecule has 0 spiro atoms. The van der Waals surface area contributed by atoms with Gasteiger partial charge in [-0.3, -0.25) is 4.79 Å². The number of fused-ring (bicyclic) bond motifs is 1. The van der Waals surface area contributed by atoms with E-state index in [0.29, 0.717) is 24.3 Å². The predicted molar refractivity (Wildman–Crippen MR) is 72.3 cm³/mol. The van der Waals surface area contributed by atoms with Crippen LogP contribution in [0, 0.1) is 0 Å². The Labute approximate surface area is 117 Å². The third-order valence-electron chi connectivity index (χ3n) is 3.70. The van der Waals surface area contributed by atoms with Gasteiger partial charge in [0.15, 0.2) is 0 Å². The summed E-state index contributed by atoms with van der Waals surface area (Å²) in [5, 5.41) is 10.2. The largest absolute Gasteiger partial charge is 0.479 e. The van der Waals surface area contributed by atoms with Crippen LogP contribution in [0.4, 0.5) is 0 Å². The average molecular weight is 282 g/mol. The number of amides is 1. The predicted octanol–water partition coefficient (Wildman–Crippen LogP) is 2.13. The maximum absolute atomic E-state index is 11.7. The molecule has 4 nitrogen and oxygen atoms in total. The number of carboxylic acids is 1. The molecule has 1 aliphatic rings. The van der Waals surface area contributed by atoms with Gasteiger partial charge in [-0.15, -0.1) is 0 Å². The van der Waals surface area contributed by atoms with E-state index in [4.69, 9.17) is 11.6 Å². The van der Waals surface area contributed by atoms with E-state index in [1.54, 1.807) is 12.1 Å². The number of aliphatic carboxylic acids is 1. The number of halogens is 1. The number of hydrogen-bond acceptors (Lipinski definition) is 2. The Bertz CT molecular complexity index is 529. The summed E-state index contributed by atoms with van der Waals surface area (Å²) in [4.78, 5) is 24.4. The van der Waals surface area contributed by atoms with Gasteiger partial charge in [-0.2, -0.15) is 0 Å². The van der Waals surface area contributed by atoms with Crippen LogP contribution in [0.3, 0.4) is 0 Å². The first-order valence-corrected chi connectivity index (χ1v) is 6.53. The summed E-state index contributed by atoms with van der Waals surface area (Å²) in [5.74, 6) is -0.972. The van der Waals surface area contributed by atoms with Gasteiger partial charge >= 0.3 is 5.97 Å². The molecule has 0 aliphatic heterocycles. The molecule has 1 aromatic carbocycles. The van der Waals surface area contributed by atoms with Crippen molar-refractivity contribution in [1.29, 1.82) is 0 Å². The molecule has 1 N–H and O–H groups in total. The monoisotopic (exact) mass is 281 g/mol. The molecule has 19 heavy (non-hydrogen) atoms. The molecule has 0 saturated heterocycles. The Morgan fingerprint density at radius 1 is 1.42 bits per heavy atom. The van der Waals surface area contributed by atoms with Gasteiger partial charge in [-0.25, -0.2) is 4.79 Å². The van der Waals surface area contributed by atoms with Crippen molar-refractivity contribution in [3.63, 3.8) is 0 Å². The zero-order chi connectivity index (χ0) is 14.2. The van der Waals surface area contributed by atoms with E-state index in [0.717, 1.165) is 11.1 Å². The van der Waals surface area contributed by atoms with E-state index >= 15 is 0 Å². The Morgan fingerprint density at radius 3 is 2.58 bits per heavy atom. The lowest BCUT2D eigenvalue weighted by Crippen LogP contribution is -2.57. The van der Waals surface area contributed by atoms with Gasteiger partial charge in [0.05, 0.1) is 0 Å². The molecular formula is C14H16ClNO3. The van der Waals surface area contributed by atoms with Crippen molar-refractivity contribution in [1.82, 2.24) is 4.90 Å². The van der Waals surface area contributed by atoms with Gasteiger partial charge < -0.3 is 10.0 Å². The zero-order valence-electron chi connectivity index (χ0n) is 10.9. The summed E-state index contributed by atoms with van der Waals surface area (Å²) in [5.41, 5.74) is 0.657. The number of carboxylic acid groups (broad SMARTS) is 1. The quantitative estimate of drug-likeness (QED) is 0.860. The van der Waals surface area contributed by atoms with E-state index in [1.165, 1.54) is 4.90 Å². The van der Waals surface area contributed by atoms with E-state index in [9.17, 15) is 14.7 Å². The lowest BCUT2D eigenvalue weighted by atomic mass is 9.92. The van der Waals surface area contributed by atoms with Crippen molar-refractivity contribution >= 4 is 24.0 Å². The standard InChI is InChI=1S/C14H16ClNO3/c1-9(2)16(8-17)14(13(18)19)6-10-3-4-12(15)5-11(10)7-14/h3-5,8-9H,6-7H2,1-2H3,(H,18,19). The molecule has 0 radical (unpaired) electrons. The molecule has 0 heterocycles. The van der Waals surface area contributed by atoms with Crippen molar-refractivity contribution < 1.29 is 14.7 Å². The highest BCUT2D eigenvalue weighted by atomic mass is 35.5. The van der Waals surface area contributed by atoms with E-state index in [1.807, 2.05) is 19.9 Å². The number of carbonyl (C=O) groups excluding carboxylic acids is 1.